The Morgan fingerprint density at radius 2 is 1.81 bits per heavy atom. The summed E-state index contributed by atoms with van der Waals surface area (Å²) in [6.45, 7) is 4.72. The number of thiophene rings is 1. The van der Waals surface area contributed by atoms with Crippen molar-refractivity contribution in [2.75, 3.05) is 13.1 Å². The van der Waals surface area contributed by atoms with Crippen molar-refractivity contribution < 1.29 is 14.4 Å². The van der Waals surface area contributed by atoms with Gasteiger partial charge in [0.15, 0.2) is 0 Å². The summed E-state index contributed by atoms with van der Waals surface area (Å²) in [5.74, 6) is -0.371. The molecule has 0 radical (unpaired) electrons. The topological polar surface area (TPSA) is 95.7 Å². The van der Waals surface area contributed by atoms with E-state index in [4.69, 9.17) is 5.73 Å². The number of nitrogens with two attached hydrogens (primary N) is 1. The maximum absolute atomic E-state index is 13.5. The van der Waals surface area contributed by atoms with E-state index < -0.39 is 6.04 Å². The number of likely N-dealkylation sites (tertiary alicyclic amines) is 1. The van der Waals surface area contributed by atoms with Crippen LogP contribution in [-0.4, -0.2) is 64.8 Å². The van der Waals surface area contributed by atoms with Crippen molar-refractivity contribution in [3.05, 3.63) is 58.3 Å². The van der Waals surface area contributed by atoms with E-state index in [1.165, 1.54) is 11.3 Å². The van der Waals surface area contributed by atoms with E-state index in [0.29, 0.717) is 24.4 Å². The van der Waals surface area contributed by atoms with Gasteiger partial charge in [-0.15, -0.1) is 11.3 Å². The Balaban J connectivity index is 1.53. The molecule has 1 aliphatic carbocycles. The molecule has 1 aromatic heterocycles. The number of hydrogen-bond donors (Lipinski definition) is 2. The van der Waals surface area contributed by atoms with Gasteiger partial charge in [0.05, 0.1) is 10.9 Å². The number of carbonyl (C=O) groups excluding carboxylic acids is 3. The Bertz CT molecular complexity index is 1020. The second-order valence-electron chi connectivity index (χ2n) is 10.4. The molecule has 7 nitrogen and oxygen atoms in total. The largest absolute Gasteiger partial charge is 0.352 e. The van der Waals surface area contributed by atoms with E-state index in [0.717, 1.165) is 37.7 Å². The lowest BCUT2D eigenvalue weighted by atomic mass is 9.91. The first-order valence-electron chi connectivity index (χ1n) is 13.1. The molecule has 2 fully saturated rings. The molecule has 194 valence electrons. The van der Waals surface area contributed by atoms with Gasteiger partial charge in [0.1, 0.15) is 6.04 Å². The summed E-state index contributed by atoms with van der Waals surface area (Å²) in [4.78, 5) is 44.4. The molecule has 3 amide bonds. The van der Waals surface area contributed by atoms with E-state index in [1.807, 2.05) is 48.4 Å². The number of nitrogens with one attached hydrogen (secondary N) is 1. The molecule has 1 saturated heterocycles. The molecule has 2 unspecified atom stereocenters. The van der Waals surface area contributed by atoms with Crippen molar-refractivity contribution in [3.63, 3.8) is 0 Å². The predicted octanol–water partition coefficient (Wildman–Crippen LogP) is 3.44. The molecule has 0 bridgehead atoms. The van der Waals surface area contributed by atoms with Crippen molar-refractivity contribution >= 4 is 29.1 Å². The summed E-state index contributed by atoms with van der Waals surface area (Å²) in [5.41, 5.74) is 7.20. The highest BCUT2D eigenvalue weighted by molar-refractivity contribution is 7.12. The van der Waals surface area contributed by atoms with Crippen LogP contribution in [0.4, 0.5) is 0 Å². The van der Waals surface area contributed by atoms with Crippen LogP contribution in [0.2, 0.25) is 0 Å². The van der Waals surface area contributed by atoms with Crippen molar-refractivity contribution in [2.24, 2.45) is 11.7 Å². The number of rotatable bonds is 8. The molecule has 3 N–H and O–H groups in total. The van der Waals surface area contributed by atoms with Crippen LogP contribution in [0.25, 0.3) is 0 Å². The number of hydrogen-bond acceptors (Lipinski definition) is 5. The summed E-state index contributed by atoms with van der Waals surface area (Å²) in [5, 5.41) is 5.06. The first-order valence-corrected chi connectivity index (χ1v) is 14.0. The Labute approximate surface area is 218 Å². The lowest BCUT2D eigenvalue weighted by Crippen LogP contribution is -2.50. The molecule has 2 aliphatic rings. The van der Waals surface area contributed by atoms with Gasteiger partial charge in [0.25, 0.3) is 5.91 Å². The van der Waals surface area contributed by atoms with Crippen LogP contribution in [0.5, 0.6) is 0 Å². The minimum Gasteiger partial charge on any atom is -0.352 e. The van der Waals surface area contributed by atoms with Crippen LogP contribution in [0, 0.1) is 5.92 Å². The van der Waals surface area contributed by atoms with E-state index >= 15 is 0 Å². The van der Waals surface area contributed by atoms with Gasteiger partial charge >= 0.3 is 0 Å². The van der Waals surface area contributed by atoms with Gasteiger partial charge in [-0.2, -0.15) is 0 Å². The van der Waals surface area contributed by atoms with Gasteiger partial charge in [-0.25, -0.2) is 0 Å². The van der Waals surface area contributed by atoms with Crippen LogP contribution in [-0.2, 0) is 16.0 Å². The quantitative estimate of drug-likeness (QED) is 0.569. The van der Waals surface area contributed by atoms with Gasteiger partial charge < -0.3 is 20.9 Å². The highest BCUT2D eigenvalue weighted by Gasteiger charge is 2.44. The highest BCUT2D eigenvalue weighted by atomic mass is 32.1. The first-order chi connectivity index (χ1) is 17.3. The zero-order chi connectivity index (χ0) is 25.7. The third-order valence-corrected chi connectivity index (χ3v) is 8.25. The summed E-state index contributed by atoms with van der Waals surface area (Å²) >= 11 is 1.38. The van der Waals surface area contributed by atoms with Crippen LogP contribution >= 0.6 is 11.3 Å². The zero-order valence-electron chi connectivity index (χ0n) is 21.3. The Morgan fingerprint density at radius 1 is 1.08 bits per heavy atom. The monoisotopic (exact) mass is 510 g/mol. The van der Waals surface area contributed by atoms with Gasteiger partial charge in [-0.1, -0.05) is 50.2 Å². The fourth-order valence-corrected chi connectivity index (χ4v) is 5.99. The van der Waals surface area contributed by atoms with Gasteiger partial charge in [0.2, 0.25) is 11.8 Å². The molecule has 4 rings (SSSR count). The van der Waals surface area contributed by atoms with Gasteiger partial charge in [-0.3, -0.25) is 14.4 Å². The smallest absolute Gasteiger partial charge is 0.264 e. The Kier molecular flexibility index (Phi) is 8.80. The number of carbonyl (C=O) groups is 3. The van der Waals surface area contributed by atoms with E-state index in [-0.39, 0.29) is 41.8 Å². The lowest BCUT2D eigenvalue weighted by Gasteiger charge is -2.30. The predicted molar refractivity (Wildman–Crippen MR) is 143 cm³/mol. The van der Waals surface area contributed by atoms with Crippen LogP contribution in [0.3, 0.4) is 0 Å². The SMILES string of the molecule is CC(C)C(=O)N(CCc1ccccc1)C1CC(C(=O)NC2CCC(N)CC2)N(C(=O)c2cccs2)C1. The third kappa shape index (κ3) is 6.34. The lowest BCUT2D eigenvalue weighted by molar-refractivity contribution is -0.136. The average molecular weight is 511 g/mol. The maximum atomic E-state index is 13.5. The molecule has 0 spiro atoms. The fraction of sp³-hybridized carbons (Fsp3) is 0.536. The number of amides is 3. The van der Waals surface area contributed by atoms with Crippen molar-refractivity contribution in [1.29, 1.82) is 0 Å². The molecule has 1 aromatic carbocycles. The van der Waals surface area contributed by atoms with E-state index in [1.54, 1.807) is 11.0 Å². The van der Waals surface area contributed by atoms with E-state index in [9.17, 15) is 14.4 Å². The Morgan fingerprint density at radius 3 is 2.44 bits per heavy atom. The molecule has 8 heteroatoms. The van der Waals surface area contributed by atoms with E-state index in [2.05, 4.69) is 17.4 Å². The third-order valence-electron chi connectivity index (χ3n) is 7.39. The average Bonchev–Trinajstić information content (AvgIpc) is 3.57. The number of nitrogens with zero attached hydrogens (tertiary/aromatic N) is 2. The number of benzene rings is 1. The summed E-state index contributed by atoms with van der Waals surface area (Å²) in [6, 6.07) is 13.2. The fourth-order valence-electron chi connectivity index (χ4n) is 5.31. The van der Waals surface area contributed by atoms with Crippen LogP contribution in [0.1, 0.15) is 61.2 Å². The Hall–Kier alpha value is -2.71. The van der Waals surface area contributed by atoms with Crippen molar-refractivity contribution in [1.82, 2.24) is 15.1 Å². The maximum Gasteiger partial charge on any atom is 0.264 e. The normalized spacial score (nSPS) is 24.1. The summed E-state index contributed by atoms with van der Waals surface area (Å²) in [7, 11) is 0. The van der Waals surface area contributed by atoms with Crippen LogP contribution in [0.15, 0.2) is 47.8 Å². The van der Waals surface area contributed by atoms with Crippen LogP contribution < -0.4 is 11.1 Å². The molecule has 1 saturated carbocycles. The highest BCUT2D eigenvalue weighted by Crippen LogP contribution is 2.28. The molecule has 1 aliphatic heterocycles. The zero-order valence-corrected chi connectivity index (χ0v) is 22.1. The minimum atomic E-state index is -0.598. The minimum absolute atomic E-state index is 0.0572. The molecule has 2 atom stereocenters. The molecule has 2 heterocycles. The molecular weight excluding hydrogens is 472 g/mol. The standard InChI is InChI=1S/C28H38N4O3S/c1-19(2)27(34)31(15-14-20-7-4-3-5-8-20)23-17-24(26(33)30-22-12-10-21(29)11-13-22)32(18-23)28(35)25-9-6-16-36-25/h3-9,16,19,21-24H,10-15,17-18,29H2,1-2H3,(H,30,33). The molecule has 36 heavy (non-hydrogen) atoms. The van der Waals surface area contributed by atoms with Gasteiger partial charge in [0, 0.05) is 31.1 Å². The second-order valence-corrected chi connectivity index (χ2v) is 11.3. The molecule has 2 aromatic rings. The summed E-state index contributed by atoms with van der Waals surface area (Å²) < 4.78 is 0. The second kappa shape index (κ2) is 12.0. The molecular formula is C28H38N4O3S. The van der Waals surface area contributed by atoms with Crippen molar-refractivity contribution in [3.8, 4) is 0 Å². The van der Waals surface area contributed by atoms with Crippen molar-refractivity contribution in [2.45, 2.75) is 76.5 Å². The first kappa shape index (κ1) is 26.4. The summed E-state index contributed by atoms with van der Waals surface area (Å²) in [6.07, 6.45) is 4.68. The van der Waals surface area contributed by atoms with Gasteiger partial charge in [-0.05, 0) is 55.5 Å².